The fourth-order valence-electron chi connectivity index (χ4n) is 9.88. The molecule has 3 aromatic carbocycles. The summed E-state index contributed by atoms with van der Waals surface area (Å²) in [5, 5.41) is 16.9. The van der Waals surface area contributed by atoms with Crippen molar-refractivity contribution in [2.45, 2.75) is 102 Å². The van der Waals surface area contributed by atoms with Crippen LogP contribution in [0.2, 0.25) is 5.02 Å². The average molecular weight is 839 g/mol. The van der Waals surface area contributed by atoms with Crippen LogP contribution in [-0.4, -0.2) is 96.5 Å². The summed E-state index contributed by atoms with van der Waals surface area (Å²) in [5.41, 5.74) is 8.61. The minimum atomic E-state index is -0.605. The van der Waals surface area contributed by atoms with Crippen LogP contribution in [-0.2, 0) is 28.2 Å². The number of piperidine rings is 2. The third-order valence-corrected chi connectivity index (χ3v) is 13.8. The van der Waals surface area contributed by atoms with Gasteiger partial charge in [-0.2, -0.15) is 5.10 Å². The maximum absolute atomic E-state index is 13.4. The lowest BCUT2D eigenvalue weighted by molar-refractivity contribution is -0.136. The molecule has 314 valence electrons. The molecule has 10 rings (SSSR count). The van der Waals surface area contributed by atoms with Crippen molar-refractivity contribution in [3.05, 3.63) is 112 Å². The smallest absolute Gasteiger partial charge is 0.255 e. The molecule has 2 aromatic heterocycles. The van der Waals surface area contributed by atoms with Gasteiger partial charge in [0.1, 0.15) is 17.4 Å². The number of carbonyl (C=O) groups excluding carboxylic acids is 3. The van der Waals surface area contributed by atoms with Gasteiger partial charge in [-0.3, -0.25) is 33.9 Å². The molecule has 2 saturated heterocycles. The maximum Gasteiger partial charge on any atom is 0.255 e. The van der Waals surface area contributed by atoms with Crippen LogP contribution in [0.4, 0.5) is 5.69 Å². The van der Waals surface area contributed by atoms with E-state index < -0.39 is 6.04 Å². The summed E-state index contributed by atoms with van der Waals surface area (Å²) in [5.74, 6) is 1.00. The van der Waals surface area contributed by atoms with Crippen molar-refractivity contribution in [2.75, 3.05) is 31.6 Å². The van der Waals surface area contributed by atoms with Gasteiger partial charge >= 0.3 is 0 Å². The van der Waals surface area contributed by atoms with Crippen molar-refractivity contribution in [3.8, 4) is 16.8 Å². The summed E-state index contributed by atoms with van der Waals surface area (Å²) < 4.78 is 4.26. The van der Waals surface area contributed by atoms with Gasteiger partial charge in [-0.05, 0) is 100 Å². The molecular weight excluding hydrogens is 788 g/mol. The van der Waals surface area contributed by atoms with E-state index >= 15 is 0 Å². The Kier molecular flexibility index (Phi) is 10.3. The van der Waals surface area contributed by atoms with Crippen molar-refractivity contribution in [1.29, 1.82) is 0 Å². The van der Waals surface area contributed by atoms with Gasteiger partial charge in [0.15, 0.2) is 5.82 Å². The predicted octanol–water partition coefficient (Wildman–Crippen LogP) is 6.85. The number of imide groups is 1. The molecule has 4 aliphatic heterocycles. The highest BCUT2D eigenvalue weighted by Crippen LogP contribution is 2.52. The Hall–Kier alpha value is -5.66. The molecule has 1 unspecified atom stereocenters. The van der Waals surface area contributed by atoms with Gasteiger partial charge in [0.25, 0.3) is 5.91 Å². The first-order chi connectivity index (χ1) is 29.7. The molecule has 61 heavy (non-hydrogen) atoms. The molecule has 5 aromatic rings. The number of anilines is 1. The van der Waals surface area contributed by atoms with Crippen LogP contribution in [0, 0.1) is 6.92 Å². The number of aryl methyl sites for hydroxylation is 2. The zero-order valence-corrected chi connectivity index (χ0v) is 35.6. The van der Waals surface area contributed by atoms with Crippen molar-refractivity contribution >= 4 is 40.7 Å². The molecule has 0 radical (unpaired) electrons. The molecule has 3 fully saturated rings. The first kappa shape index (κ1) is 39.5. The summed E-state index contributed by atoms with van der Waals surface area (Å²) in [6, 6.07) is 20.2. The number of fused-ring (bicyclic) bond motifs is 5. The number of aliphatic imine (C=N–C) groups is 1. The normalized spacial score (nSPS) is 19.7. The number of likely N-dealkylation sites (tertiary alicyclic amines) is 1. The summed E-state index contributed by atoms with van der Waals surface area (Å²) in [6.07, 6.45) is 13.4. The van der Waals surface area contributed by atoms with Gasteiger partial charge in [-0.1, -0.05) is 48.7 Å². The Bertz CT molecular complexity index is 2550. The van der Waals surface area contributed by atoms with Crippen LogP contribution in [0.3, 0.4) is 0 Å². The topological polar surface area (TPSA) is 134 Å². The van der Waals surface area contributed by atoms with Crippen LogP contribution < -0.4 is 10.2 Å². The summed E-state index contributed by atoms with van der Waals surface area (Å²) in [6.45, 7) is 6.50. The quantitative estimate of drug-likeness (QED) is 0.107. The molecule has 1 aliphatic carbocycles. The molecular formula is C47H51ClN10O3. The molecule has 0 bridgehead atoms. The molecule has 14 heteroatoms. The Morgan fingerprint density at radius 3 is 2.41 bits per heavy atom. The SMILES string of the molecule is Cc1nnc2n1-c1ccc(-c3cnn(CCCCCCN4CCC(N(C)c5cccc6c5CN(C5CCC(=O)NC5=O)C6=O)CC4)c3)cc1C(c1ccc(Cl)cc1)=NC21CC1. The Morgan fingerprint density at radius 2 is 1.64 bits per heavy atom. The predicted molar refractivity (Wildman–Crippen MR) is 234 cm³/mol. The zero-order valence-electron chi connectivity index (χ0n) is 34.8. The Morgan fingerprint density at radius 1 is 0.869 bits per heavy atom. The van der Waals surface area contributed by atoms with Gasteiger partial charge in [-0.15, -0.1) is 10.2 Å². The zero-order chi connectivity index (χ0) is 41.8. The summed E-state index contributed by atoms with van der Waals surface area (Å²) >= 11 is 6.30. The van der Waals surface area contributed by atoms with E-state index in [1.54, 1.807) is 4.90 Å². The Balaban J connectivity index is 0.709. The number of amides is 3. The number of nitrogens with zero attached hydrogens (tertiary/aromatic N) is 9. The number of unbranched alkanes of at least 4 members (excludes halogenated alkanes) is 3. The van der Waals surface area contributed by atoms with Gasteiger partial charge in [-0.25, -0.2) is 0 Å². The van der Waals surface area contributed by atoms with E-state index in [1.165, 1.54) is 12.8 Å². The van der Waals surface area contributed by atoms with E-state index in [2.05, 4.69) is 84.2 Å². The number of halogens is 1. The number of rotatable bonds is 12. The number of hydrogen-bond acceptors (Lipinski definition) is 9. The summed E-state index contributed by atoms with van der Waals surface area (Å²) in [4.78, 5) is 49.7. The molecule has 1 atom stereocenters. The van der Waals surface area contributed by atoms with E-state index in [-0.39, 0.29) is 29.7 Å². The number of aromatic nitrogens is 5. The lowest BCUT2D eigenvalue weighted by Crippen LogP contribution is -2.52. The van der Waals surface area contributed by atoms with E-state index in [4.69, 9.17) is 21.7 Å². The van der Waals surface area contributed by atoms with Crippen molar-refractivity contribution < 1.29 is 14.4 Å². The minimum Gasteiger partial charge on any atom is -0.371 e. The molecule has 5 aliphatic rings. The molecule has 13 nitrogen and oxygen atoms in total. The van der Waals surface area contributed by atoms with Gasteiger partial charge < -0.3 is 14.7 Å². The highest BCUT2D eigenvalue weighted by atomic mass is 35.5. The Labute approximate surface area is 360 Å². The monoisotopic (exact) mass is 838 g/mol. The molecule has 1 N–H and O–H groups in total. The highest BCUT2D eigenvalue weighted by Gasteiger charge is 2.51. The first-order valence-electron chi connectivity index (χ1n) is 21.8. The molecule has 6 heterocycles. The van der Waals surface area contributed by atoms with E-state index in [0.717, 1.165) is 121 Å². The first-order valence-corrected chi connectivity index (χ1v) is 22.2. The fourth-order valence-corrected chi connectivity index (χ4v) is 10.0. The number of hydrogen-bond donors (Lipinski definition) is 1. The average Bonchev–Trinajstić information content (AvgIpc) is 3.54. The van der Waals surface area contributed by atoms with E-state index in [1.807, 2.05) is 37.4 Å². The van der Waals surface area contributed by atoms with Crippen LogP contribution in [0.15, 0.2) is 78.0 Å². The molecule has 1 spiro atoms. The lowest BCUT2D eigenvalue weighted by Gasteiger charge is -2.38. The number of nitrogens with one attached hydrogen (secondary N) is 1. The third kappa shape index (κ3) is 7.45. The fraction of sp³-hybridized carbons (Fsp3) is 0.426. The van der Waals surface area contributed by atoms with E-state index in [0.29, 0.717) is 29.6 Å². The largest absolute Gasteiger partial charge is 0.371 e. The lowest BCUT2D eigenvalue weighted by atomic mass is 9.96. The second-order valence-electron chi connectivity index (χ2n) is 17.4. The highest BCUT2D eigenvalue weighted by molar-refractivity contribution is 6.30. The van der Waals surface area contributed by atoms with Crippen molar-refractivity contribution in [2.24, 2.45) is 4.99 Å². The number of benzene rings is 3. The van der Waals surface area contributed by atoms with E-state index in [9.17, 15) is 14.4 Å². The van der Waals surface area contributed by atoms with Crippen LogP contribution in [0.5, 0.6) is 0 Å². The molecule has 3 amide bonds. The number of carbonyl (C=O) groups is 3. The summed E-state index contributed by atoms with van der Waals surface area (Å²) in [7, 11) is 2.14. The van der Waals surface area contributed by atoms with Crippen LogP contribution >= 0.6 is 11.6 Å². The minimum absolute atomic E-state index is 0.126. The van der Waals surface area contributed by atoms with Gasteiger partial charge in [0.2, 0.25) is 11.8 Å². The van der Waals surface area contributed by atoms with Gasteiger partial charge in [0.05, 0.1) is 17.6 Å². The van der Waals surface area contributed by atoms with Crippen LogP contribution in [0.25, 0.3) is 16.8 Å². The second kappa shape index (κ2) is 16.0. The van der Waals surface area contributed by atoms with Crippen molar-refractivity contribution in [3.63, 3.8) is 0 Å². The third-order valence-electron chi connectivity index (χ3n) is 13.5. The standard InChI is InChI=1S/C47H51ClN10O3/c1-30-52-53-46-47(20-21-47)51-43(31-10-13-34(48)14-11-31)37-26-32(12-15-40(37)58(30)46)33-27-49-56(28-33)23-6-4-3-5-22-55-24-18-35(19-25-55)54(2)39-9-7-8-36-38(39)29-57(45(36)61)41-16-17-42(59)50-44(41)60/h7-15,26-28,35,41H,3-6,16-25,29H2,1-2H3,(H,50,59,60). The van der Waals surface area contributed by atoms with Gasteiger partial charge in [0, 0.05) is 90.4 Å². The molecule has 1 saturated carbocycles. The maximum atomic E-state index is 13.4. The second-order valence-corrected chi connectivity index (χ2v) is 17.9. The van der Waals surface area contributed by atoms with Crippen molar-refractivity contribution in [1.82, 2.24) is 39.7 Å². The van der Waals surface area contributed by atoms with Crippen LogP contribution in [0.1, 0.15) is 103 Å².